The molecule has 0 radical (unpaired) electrons. The molecule has 2 nitrogen and oxygen atoms in total. The number of nitrogens with zero attached hydrogens (tertiary/aromatic N) is 2. The molecule has 78 valence electrons. The van der Waals surface area contributed by atoms with E-state index < -0.39 is 12.7 Å². The standard InChI is InChI=1S/C9H11F3N2/c10-9(11,12)6-14-8-4-2-1-3-7(8)5-13-14/h5H,1-4,6H2. The molecule has 14 heavy (non-hydrogen) atoms. The number of hydrogen-bond donors (Lipinski definition) is 0. The second-order valence-electron chi connectivity index (χ2n) is 3.60. The topological polar surface area (TPSA) is 17.8 Å². The summed E-state index contributed by atoms with van der Waals surface area (Å²) in [5, 5.41) is 3.78. The Kier molecular flexibility index (Phi) is 2.25. The zero-order chi connectivity index (χ0) is 10.2. The summed E-state index contributed by atoms with van der Waals surface area (Å²) in [4.78, 5) is 0. The first-order chi connectivity index (χ1) is 6.56. The zero-order valence-electron chi connectivity index (χ0n) is 7.64. The van der Waals surface area contributed by atoms with E-state index in [1.165, 1.54) is 0 Å². The molecule has 1 aromatic rings. The van der Waals surface area contributed by atoms with Gasteiger partial charge in [0.1, 0.15) is 6.54 Å². The van der Waals surface area contributed by atoms with Gasteiger partial charge in [-0.1, -0.05) is 0 Å². The quantitative estimate of drug-likeness (QED) is 0.686. The molecule has 0 atom stereocenters. The Morgan fingerprint density at radius 1 is 1.29 bits per heavy atom. The second-order valence-corrected chi connectivity index (χ2v) is 3.60. The van der Waals surface area contributed by atoms with Gasteiger partial charge in [-0.2, -0.15) is 18.3 Å². The predicted octanol–water partition coefficient (Wildman–Crippen LogP) is 2.32. The molecule has 2 rings (SSSR count). The van der Waals surface area contributed by atoms with Crippen LogP contribution in [0, 0.1) is 0 Å². The average Bonchev–Trinajstić information content (AvgIpc) is 2.47. The van der Waals surface area contributed by atoms with E-state index in [1.54, 1.807) is 6.20 Å². The summed E-state index contributed by atoms with van der Waals surface area (Å²) >= 11 is 0. The van der Waals surface area contributed by atoms with Crippen LogP contribution in [0.2, 0.25) is 0 Å². The van der Waals surface area contributed by atoms with E-state index in [0.29, 0.717) is 0 Å². The van der Waals surface area contributed by atoms with E-state index >= 15 is 0 Å². The van der Waals surface area contributed by atoms with Crippen molar-refractivity contribution in [2.24, 2.45) is 0 Å². The Morgan fingerprint density at radius 3 is 2.71 bits per heavy atom. The monoisotopic (exact) mass is 204 g/mol. The van der Waals surface area contributed by atoms with Crippen LogP contribution in [-0.2, 0) is 19.4 Å². The normalized spacial score (nSPS) is 16.8. The van der Waals surface area contributed by atoms with Crippen LogP contribution < -0.4 is 0 Å². The lowest BCUT2D eigenvalue weighted by Gasteiger charge is -2.14. The van der Waals surface area contributed by atoms with Crippen LogP contribution in [-0.4, -0.2) is 16.0 Å². The average molecular weight is 204 g/mol. The van der Waals surface area contributed by atoms with Gasteiger partial charge in [-0.05, 0) is 31.2 Å². The van der Waals surface area contributed by atoms with Crippen molar-refractivity contribution in [3.05, 3.63) is 17.5 Å². The Labute approximate surface area is 79.7 Å². The van der Waals surface area contributed by atoms with Crippen LogP contribution in [0.1, 0.15) is 24.1 Å². The fourth-order valence-electron chi connectivity index (χ4n) is 1.86. The minimum Gasteiger partial charge on any atom is -0.260 e. The summed E-state index contributed by atoms with van der Waals surface area (Å²) in [6, 6.07) is 0. The molecule has 0 saturated heterocycles. The summed E-state index contributed by atoms with van der Waals surface area (Å²) in [5.74, 6) is 0. The van der Waals surface area contributed by atoms with Crippen molar-refractivity contribution < 1.29 is 13.2 Å². The Morgan fingerprint density at radius 2 is 2.00 bits per heavy atom. The van der Waals surface area contributed by atoms with E-state index in [0.717, 1.165) is 41.6 Å². The molecule has 0 spiro atoms. The van der Waals surface area contributed by atoms with Gasteiger partial charge in [-0.15, -0.1) is 0 Å². The first-order valence-corrected chi connectivity index (χ1v) is 4.66. The zero-order valence-corrected chi connectivity index (χ0v) is 7.64. The molecule has 5 heteroatoms. The molecule has 0 aliphatic heterocycles. The minimum absolute atomic E-state index is 0.728. The predicted molar refractivity (Wildman–Crippen MR) is 44.9 cm³/mol. The van der Waals surface area contributed by atoms with Crippen molar-refractivity contribution in [3.8, 4) is 0 Å². The van der Waals surface area contributed by atoms with E-state index in [9.17, 15) is 13.2 Å². The van der Waals surface area contributed by atoms with Gasteiger partial charge in [-0.25, -0.2) is 0 Å². The molecule has 1 aliphatic rings. The highest BCUT2D eigenvalue weighted by Gasteiger charge is 2.30. The summed E-state index contributed by atoms with van der Waals surface area (Å²) in [6.45, 7) is -0.956. The number of alkyl halides is 3. The maximum Gasteiger partial charge on any atom is 0.408 e. The lowest BCUT2D eigenvalue weighted by atomic mass is 9.98. The van der Waals surface area contributed by atoms with Gasteiger partial charge in [0.25, 0.3) is 0 Å². The maximum absolute atomic E-state index is 12.1. The van der Waals surface area contributed by atoms with Gasteiger partial charge in [0.15, 0.2) is 0 Å². The second kappa shape index (κ2) is 3.29. The van der Waals surface area contributed by atoms with Crippen molar-refractivity contribution in [1.82, 2.24) is 9.78 Å². The largest absolute Gasteiger partial charge is 0.408 e. The highest BCUT2D eigenvalue weighted by atomic mass is 19.4. The van der Waals surface area contributed by atoms with E-state index in [1.807, 2.05) is 0 Å². The van der Waals surface area contributed by atoms with Crippen molar-refractivity contribution in [2.75, 3.05) is 0 Å². The highest BCUT2D eigenvalue weighted by Crippen LogP contribution is 2.24. The third-order valence-electron chi connectivity index (χ3n) is 2.47. The molecular weight excluding hydrogens is 193 g/mol. The summed E-state index contributed by atoms with van der Waals surface area (Å²) < 4.78 is 37.5. The maximum atomic E-state index is 12.1. The van der Waals surface area contributed by atoms with Gasteiger partial charge in [0.05, 0.1) is 6.20 Å². The van der Waals surface area contributed by atoms with Crippen molar-refractivity contribution in [2.45, 2.75) is 38.4 Å². The molecule has 0 bridgehead atoms. The molecule has 0 fully saturated rings. The van der Waals surface area contributed by atoms with E-state index in [-0.39, 0.29) is 0 Å². The Balaban J connectivity index is 2.22. The fraction of sp³-hybridized carbons (Fsp3) is 0.667. The number of aryl methyl sites for hydroxylation is 1. The first-order valence-electron chi connectivity index (χ1n) is 4.66. The number of rotatable bonds is 1. The smallest absolute Gasteiger partial charge is 0.260 e. The van der Waals surface area contributed by atoms with E-state index in [4.69, 9.17) is 0 Å². The van der Waals surface area contributed by atoms with Gasteiger partial charge < -0.3 is 0 Å². The molecule has 0 unspecified atom stereocenters. The van der Waals surface area contributed by atoms with Crippen LogP contribution in [0.5, 0.6) is 0 Å². The molecule has 0 amide bonds. The summed E-state index contributed by atoms with van der Waals surface area (Å²) in [5.41, 5.74) is 1.76. The lowest BCUT2D eigenvalue weighted by molar-refractivity contribution is -0.143. The van der Waals surface area contributed by atoms with Crippen LogP contribution >= 0.6 is 0 Å². The van der Waals surface area contributed by atoms with E-state index in [2.05, 4.69) is 5.10 Å². The number of fused-ring (bicyclic) bond motifs is 1. The minimum atomic E-state index is -4.17. The molecule has 1 aliphatic carbocycles. The number of aromatic nitrogens is 2. The third-order valence-corrected chi connectivity index (χ3v) is 2.47. The van der Waals surface area contributed by atoms with Crippen molar-refractivity contribution >= 4 is 0 Å². The van der Waals surface area contributed by atoms with Crippen LogP contribution in [0.15, 0.2) is 6.20 Å². The Bertz CT molecular complexity index is 327. The highest BCUT2D eigenvalue weighted by molar-refractivity contribution is 5.20. The van der Waals surface area contributed by atoms with Gasteiger partial charge >= 0.3 is 6.18 Å². The van der Waals surface area contributed by atoms with Gasteiger partial charge in [0, 0.05) is 5.69 Å². The van der Waals surface area contributed by atoms with Crippen LogP contribution in [0.25, 0.3) is 0 Å². The number of halogens is 3. The molecule has 0 saturated carbocycles. The van der Waals surface area contributed by atoms with Crippen LogP contribution in [0.3, 0.4) is 0 Å². The lowest BCUT2D eigenvalue weighted by Crippen LogP contribution is -2.21. The third kappa shape index (κ3) is 1.91. The molecular formula is C9H11F3N2. The molecule has 0 aromatic carbocycles. The molecule has 1 aromatic heterocycles. The first kappa shape index (κ1) is 9.55. The summed E-state index contributed by atoms with van der Waals surface area (Å²) in [6.07, 6.45) is 1.03. The number of hydrogen-bond acceptors (Lipinski definition) is 1. The van der Waals surface area contributed by atoms with Crippen LogP contribution in [0.4, 0.5) is 13.2 Å². The Hall–Kier alpha value is -1.00. The molecule has 1 heterocycles. The van der Waals surface area contributed by atoms with Gasteiger partial charge in [-0.3, -0.25) is 4.68 Å². The molecule has 0 N–H and O–H groups in total. The van der Waals surface area contributed by atoms with Crippen molar-refractivity contribution in [3.63, 3.8) is 0 Å². The SMILES string of the molecule is FC(F)(F)Cn1ncc2c1CCCC2. The fourth-order valence-corrected chi connectivity index (χ4v) is 1.86. The van der Waals surface area contributed by atoms with Crippen molar-refractivity contribution in [1.29, 1.82) is 0 Å². The summed E-state index contributed by atoms with van der Waals surface area (Å²) in [7, 11) is 0. The van der Waals surface area contributed by atoms with Gasteiger partial charge in [0.2, 0.25) is 0 Å².